The summed E-state index contributed by atoms with van der Waals surface area (Å²) in [5.41, 5.74) is 0.874. The average molecular weight is 440 g/mol. The number of fused-ring (bicyclic) bond motifs is 2. The van der Waals surface area contributed by atoms with Crippen molar-refractivity contribution >= 4 is 28.3 Å². The van der Waals surface area contributed by atoms with E-state index in [9.17, 15) is 14.4 Å². The summed E-state index contributed by atoms with van der Waals surface area (Å²) in [6.07, 6.45) is -0.875. The van der Waals surface area contributed by atoms with Crippen molar-refractivity contribution in [2.75, 3.05) is 18.5 Å². The number of anilines is 1. The van der Waals surface area contributed by atoms with E-state index in [2.05, 4.69) is 10.4 Å². The fourth-order valence-electron chi connectivity index (χ4n) is 3.94. The van der Waals surface area contributed by atoms with Crippen LogP contribution in [0.2, 0.25) is 0 Å². The molecule has 164 valence electrons. The lowest BCUT2D eigenvalue weighted by Crippen LogP contribution is -2.50. The summed E-state index contributed by atoms with van der Waals surface area (Å²) in [4.78, 5) is 40.9. The van der Waals surface area contributed by atoms with Crippen LogP contribution < -0.4 is 20.5 Å². The number of para-hydroxylation sites is 3. The number of nitrogens with one attached hydrogen (secondary N) is 1. The number of hydrogen-bond acceptors (Lipinski definition) is 5. The van der Waals surface area contributed by atoms with Gasteiger partial charge in [-0.15, -0.1) is 0 Å². The lowest BCUT2D eigenvalue weighted by Gasteiger charge is -2.34. The van der Waals surface area contributed by atoms with Gasteiger partial charge >= 0.3 is 0 Å². The largest absolute Gasteiger partial charge is 0.477 e. The molecule has 1 N–H and O–H groups in total. The number of hydrogen-bond donors (Lipinski definition) is 1. The van der Waals surface area contributed by atoms with Crippen LogP contribution in [0.3, 0.4) is 0 Å². The molecule has 1 aromatic heterocycles. The highest BCUT2D eigenvalue weighted by Crippen LogP contribution is 2.34. The molecule has 8 nitrogen and oxygen atoms in total. The Kier molecular flexibility index (Phi) is 5.10. The second-order valence-corrected chi connectivity index (χ2v) is 7.55. The smallest absolute Gasteiger partial charge is 0.279 e. The molecule has 1 atom stereocenters. The maximum Gasteiger partial charge on any atom is 0.279 e. The third-order valence-corrected chi connectivity index (χ3v) is 5.57. The first-order chi connectivity index (χ1) is 16.1. The number of ether oxygens (including phenoxy) is 1. The molecular formula is C25H20N4O4. The number of amides is 2. The molecule has 8 heteroatoms. The molecule has 0 spiro atoms. The van der Waals surface area contributed by atoms with Gasteiger partial charge in [0.25, 0.3) is 17.4 Å². The molecule has 0 saturated carbocycles. The normalized spacial score (nSPS) is 14.9. The van der Waals surface area contributed by atoms with Gasteiger partial charge in [0.2, 0.25) is 0 Å². The minimum atomic E-state index is -0.875. The van der Waals surface area contributed by atoms with Crippen LogP contribution in [-0.4, -0.2) is 41.3 Å². The summed E-state index contributed by atoms with van der Waals surface area (Å²) < 4.78 is 7.05. The summed E-state index contributed by atoms with van der Waals surface area (Å²) in [6.45, 7) is 0.00991. The van der Waals surface area contributed by atoms with Crippen molar-refractivity contribution in [1.29, 1.82) is 0 Å². The van der Waals surface area contributed by atoms with Crippen LogP contribution in [0.25, 0.3) is 16.5 Å². The van der Waals surface area contributed by atoms with Crippen LogP contribution in [0.4, 0.5) is 5.69 Å². The lowest BCUT2D eigenvalue weighted by atomic mass is 10.1. The predicted molar refractivity (Wildman–Crippen MR) is 124 cm³/mol. The number of nitrogens with zero attached hydrogens (tertiary/aromatic N) is 3. The van der Waals surface area contributed by atoms with Crippen molar-refractivity contribution in [1.82, 2.24) is 15.1 Å². The zero-order chi connectivity index (χ0) is 22.9. The van der Waals surface area contributed by atoms with Gasteiger partial charge in [-0.1, -0.05) is 48.5 Å². The fourth-order valence-corrected chi connectivity index (χ4v) is 3.94. The maximum absolute atomic E-state index is 13.9. The molecule has 1 aliphatic heterocycles. The van der Waals surface area contributed by atoms with Crippen LogP contribution in [0, 0.1) is 0 Å². The van der Waals surface area contributed by atoms with Gasteiger partial charge in [-0.25, -0.2) is 0 Å². The lowest BCUT2D eigenvalue weighted by molar-refractivity contribution is -0.127. The van der Waals surface area contributed by atoms with E-state index in [1.54, 1.807) is 72.8 Å². The summed E-state index contributed by atoms with van der Waals surface area (Å²) in [5, 5.41) is 7.87. The zero-order valence-corrected chi connectivity index (χ0v) is 17.8. The van der Waals surface area contributed by atoms with Gasteiger partial charge in [0.1, 0.15) is 5.75 Å². The van der Waals surface area contributed by atoms with Crippen LogP contribution in [-0.2, 0) is 4.79 Å². The van der Waals surface area contributed by atoms with Crippen molar-refractivity contribution in [3.8, 4) is 11.4 Å². The molecule has 4 aromatic rings. The van der Waals surface area contributed by atoms with E-state index in [0.717, 1.165) is 0 Å². The highest BCUT2D eigenvalue weighted by molar-refractivity contribution is 6.13. The van der Waals surface area contributed by atoms with Gasteiger partial charge in [0.15, 0.2) is 11.8 Å². The molecule has 33 heavy (non-hydrogen) atoms. The minimum Gasteiger partial charge on any atom is -0.477 e. The van der Waals surface area contributed by atoms with Crippen molar-refractivity contribution in [2.24, 2.45) is 0 Å². The Morgan fingerprint density at radius 1 is 0.939 bits per heavy atom. The quantitative estimate of drug-likeness (QED) is 0.529. The minimum absolute atomic E-state index is 0.00991. The van der Waals surface area contributed by atoms with Crippen LogP contribution >= 0.6 is 0 Å². The molecule has 0 bridgehead atoms. The highest BCUT2D eigenvalue weighted by atomic mass is 16.5. The first-order valence-corrected chi connectivity index (χ1v) is 10.4. The van der Waals surface area contributed by atoms with Gasteiger partial charge in [-0.05, 0) is 30.3 Å². The summed E-state index contributed by atoms with van der Waals surface area (Å²) in [7, 11) is 1.52. The Morgan fingerprint density at radius 2 is 1.61 bits per heavy atom. The number of likely N-dealkylation sites (N-methyl/N-ethyl adjacent to an activating group) is 1. The van der Waals surface area contributed by atoms with Crippen molar-refractivity contribution in [3.63, 3.8) is 0 Å². The summed E-state index contributed by atoms with van der Waals surface area (Å²) in [6, 6.07) is 22.9. The molecule has 3 aromatic carbocycles. The van der Waals surface area contributed by atoms with E-state index in [1.165, 1.54) is 16.6 Å². The van der Waals surface area contributed by atoms with Gasteiger partial charge in [-0.2, -0.15) is 9.78 Å². The van der Waals surface area contributed by atoms with E-state index in [-0.39, 0.29) is 23.7 Å². The second kappa shape index (κ2) is 8.23. The highest BCUT2D eigenvalue weighted by Gasteiger charge is 2.35. The van der Waals surface area contributed by atoms with E-state index < -0.39 is 12.0 Å². The van der Waals surface area contributed by atoms with Crippen molar-refractivity contribution in [3.05, 3.63) is 94.9 Å². The number of benzene rings is 3. The number of rotatable bonds is 3. The van der Waals surface area contributed by atoms with Crippen molar-refractivity contribution < 1.29 is 14.3 Å². The Bertz CT molecular complexity index is 1430. The number of aromatic nitrogens is 2. The molecule has 0 fully saturated rings. The van der Waals surface area contributed by atoms with Gasteiger partial charge in [0.05, 0.1) is 23.3 Å². The number of carbonyl (C=O) groups excluding carboxylic acids is 2. The maximum atomic E-state index is 13.9. The van der Waals surface area contributed by atoms with Gasteiger partial charge < -0.3 is 10.1 Å². The SMILES string of the molecule is CNC(=O)[C@@H]1CN(C(=O)c2nn(-c3ccccc3)c(=O)c3ccccc23)c2ccccc2O1. The van der Waals surface area contributed by atoms with Crippen molar-refractivity contribution in [2.45, 2.75) is 6.10 Å². The fraction of sp³-hybridized carbons (Fsp3) is 0.120. The number of carbonyl (C=O) groups is 2. The molecule has 2 amide bonds. The average Bonchev–Trinajstić information content (AvgIpc) is 2.88. The molecule has 0 unspecified atom stereocenters. The Hall–Kier alpha value is -4.46. The Labute approximate surface area is 189 Å². The zero-order valence-electron chi connectivity index (χ0n) is 17.8. The van der Waals surface area contributed by atoms with Gasteiger partial charge in [-0.3, -0.25) is 19.3 Å². The Balaban J connectivity index is 1.69. The topological polar surface area (TPSA) is 93.5 Å². The summed E-state index contributed by atoms with van der Waals surface area (Å²) >= 11 is 0. The van der Waals surface area contributed by atoms with Crippen LogP contribution in [0.5, 0.6) is 5.75 Å². The molecule has 0 saturated heterocycles. The standard InChI is InChI=1S/C25H20N4O4/c1-26-23(30)21-15-28(19-13-7-8-14-20(19)33-21)25(32)22-17-11-5-6-12-18(17)24(31)29(27-22)16-9-3-2-4-10-16/h2-14,21H,15H2,1H3,(H,26,30)/t21-/m0/s1. The molecule has 2 heterocycles. The molecule has 0 radical (unpaired) electrons. The van der Waals surface area contributed by atoms with E-state index in [0.29, 0.717) is 27.9 Å². The first kappa shape index (κ1) is 20.4. The third-order valence-electron chi connectivity index (χ3n) is 5.57. The van der Waals surface area contributed by atoms with Crippen LogP contribution in [0.15, 0.2) is 83.7 Å². The first-order valence-electron chi connectivity index (χ1n) is 10.4. The molecule has 0 aliphatic carbocycles. The van der Waals surface area contributed by atoms with E-state index in [1.807, 2.05) is 6.07 Å². The molecule has 5 rings (SSSR count). The monoisotopic (exact) mass is 440 g/mol. The van der Waals surface area contributed by atoms with Gasteiger partial charge in [0, 0.05) is 12.4 Å². The van der Waals surface area contributed by atoms with E-state index >= 15 is 0 Å². The molecular weight excluding hydrogens is 420 g/mol. The van der Waals surface area contributed by atoms with Crippen LogP contribution in [0.1, 0.15) is 10.5 Å². The second-order valence-electron chi connectivity index (χ2n) is 7.55. The Morgan fingerprint density at radius 3 is 2.36 bits per heavy atom. The summed E-state index contributed by atoms with van der Waals surface area (Å²) in [5.74, 6) is -0.346. The van der Waals surface area contributed by atoms with E-state index in [4.69, 9.17) is 4.74 Å². The predicted octanol–water partition coefficient (Wildman–Crippen LogP) is 2.54. The third kappa shape index (κ3) is 3.51. The molecule has 1 aliphatic rings.